The lowest BCUT2D eigenvalue weighted by Crippen LogP contribution is -2.32. The number of aromatic nitrogens is 3. The molecule has 2 aromatic heterocycles. The highest BCUT2D eigenvalue weighted by Crippen LogP contribution is 2.23. The SMILES string of the molecule is CC.CC(C)(C)c1ccccc1.CCCn1c(NC)nc2ccc(N(CC(C)C)CC(C)C)nc21. The van der Waals surface area contributed by atoms with Crippen LogP contribution in [0.4, 0.5) is 11.8 Å². The van der Waals surface area contributed by atoms with Crippen molar-refractivity contribution < 1.29 is 0 Å². The van der Waals surface area contributed by atoms with Crippen molar-refractivity contribution in [3.05, 3.63) is 48.0 Å². The van der Waals surface area contributed by atoms with Gasteiger partial charge in [-0.1, -0.05) is 99.6 Å². The van der Waals surface area contributed by atoms with Crippen LogP contribution in [0.2, 0.25) is 0 Å². The minimum atomic E-state index is 0.293. The summed E-state index contributed by atoms with van der Waals surface area (Å²) in [6.45, 7) is 24.9. The van der Waals surface area contributed by atoms with Crippen molar-refractivity contribution in [3.8, 4) is 0 Å². The molecule has 0 saturated carbocycles. The summed E-state index contributed by atoms with van der Waals surface area (Å²) in [5.74, 6) is 3.17. The summed E-state index contributed by atoms with van der Waals surface area (Å²) in [6, 6.07) is 14.8. The van der Waals surface area contributed by atoms with Crippen LogP contribution in [0, 0.1) is 11.8 Å². The Bertz CT molecular complexity index is 958. The molecule has 0 fully saturated rings. The number of hydrogen-bond acceptors (Lipinski definition) is 4. The summed E-state index contributed by atoms with van der Waals surface area (Å²) < 4.78 is 2.18. The summed E-state index contributed by atoms with van der Waals surface area (Å²) in [5.41, 5.74) is 3.63. The molecule has 0 unspecified atom stereocenters. The fourth-order valence-corrected chi connectivity index (χ4v) is 3.88. The van der Waals surface area contributed by atoms with E-state index in [1.807, 2.05) is 20.9 Å². The number of rotatable bonds is 8. The largest absolute Gasteiger partial charge is 0.359 e. The van der Waals surface area contributed by atoms with Gasteiger partial charge in [-0.05, 0) is 41.4 Å². The first kappa shape index (κ1) is 30.5. The fraction of sp³-hybridized carbons (Fsp3) is 0.600. The monoisotopic (exact) mass is 481 g/mol. The van der Waals surface area contributed by atoms with E-state index in [1.165, 1.54) is 5.56 Å². The van der Waals surface area contributed by atoms with Crippen LogP contribution in [0.3, 0.4) is 0 Å². The third-order valence-electron chi connectivity index (χ3n) is 5.38. The molecule has 35 heavy (non-hydrogen) atoms. The van der Waals surface area contributed by atoms with Crippen molar-refractivity contribution in [1.29, 1.82) is 0 Å². The number of imidazole rings is 1. The zero-order valence-corrected chi connectivity index (χ0v) is 24.3. The fourth-order valence-electron chi connectivity index (χ4n) is 3.88. The van der Waals surface area contributed by atoms with E-state index in [-0.39, 0.29) is 0 Å². The van der Waals surface area contributed by atoms with E-state index in [0.717, 1.165) is 49.0 Å². The minimum Gasteiger partial charge on any atom is -0.359 e. The standard InChI is InChI=1S/C18H31N5.C10H14.C2H6/c1-7-10-23-17-15(20-18(23)19-6)8-9-16(21-17)22(11-13(2)3)12-14(4)5;1-10(2,3)9-7-5-4-6-8-9;1-2/h8-9,13-14H,7,10-12H2,1-6H3,(H,19,20);4-8H,1-3H3;1-2H3. The smallest absolute Gasteiger partial charge is 0.204 e. The van der Waals surface area contributed by atoms with Gasteiger partial charge in [0.25, 0.3) is 0 Å². The Kier molecular flexibility index (Phi) is 12.8. The maximum atomic E-state index is 4.96. The Morgan fingerprint density at radius 2 is 1.46 bits per heavy atom. The van der Waals surface area contributed by atoms with Gasteiger partial charge < -0.3 is 10.2 Å². The Labute approximate surface area is 215 Å². The van der Waals surface area contributed by atoms with Crippen molar-refractivity contribution in [1.82, 2.24) is 14.5 Å². The third-order valence-corrected chi connectivity index (χ3v) is 5.38. The molecule has 196 valence electrons. The average Bonchev–Trinajstić information content (AvgIpc) is 3.17. The normalized spacial score (nSPS) is 11.1. The molecule has 0 atom stereocenters. The number of nitrogens with one attached hydrogen (secondary N) is 1. The number of nitrogens with zero attached hydrogens (tertiary/aromatic N) is 4. The van der Waals surface area contributed by atoms with Gasteiger partial charge in [-0.2, -0.15) is 0 Å². The Hall–Kier alpha value is -2.56. The number of hydrogen-bond donors (Lipinski definition) is 1. The highest BCUT2D eigenvalue weighted by Gasteiger charge is 2.16. The summed E-state index contributed by atoms with van der Waals surface area (Å²) in [4.78, 5) is 12.0. The van der Waals surface area contributed by atoms with Gasteiger partial charge >= 0.3 is 0 Å². The molecule has 3 aromatic rings. The van der Waals surface area contributed by atoms with Crippen LogP contribution >= 0.6 is 0 Å². The number of pyridine rings is 1. The van der Waals surface area contributed by atoms with E-state index >= 15 is 0 Å². The summed E-state index contributed by atoms with van der Waals surface area (Å²) in [5, 5.41) is 3.18. The van der Waals surface area contributed by atoms with Crippen LogP contribution in [-0.2, 0) is 12.0 Å². The molecule has 5 nitrogen and oxygen atoms in total. The van der Waals surface area contributed by atoms with Crippen molar-refractivity contribution in [3.63, 3.8) is 0 Å². The van der Waals surface area contributed by atoms with Crippen LogP contribution in [0.25, 0.3) is 11.2 Å². The second-order valence-electron chi connectivity index (χ2n) is 10.7. The summed E-state index contributed by atoms with van der Waals surface area (Å²) in [7, 11) is 1.91. The molecule has 0 aliphatic heterocycles. The molecule has 0 aliphatic rings. The maximum absolute atomic E-state index is 4.96. The molecule has 3 rings (SSSR count). The predicted molar refractivity (Wildman–Crippen MR) is 156 cm³/mol. The molecular formula is C30H51N5. The van der Waals surface area contributed by atoms with E-state index in [9.17, 15) is 0 Å². The first-order valence-electron chi connectivity index (χ1n) is 13.4. The van der Waals surface area contributed by atoms with Gasteiger partial charge in [-0.25, -0.2) is 9.97 Å². The topological polar surface area (TPSA) is 46.0 Å². The molecule has 0 bridgehead atoms. The maximum Gasteiger partial charge on any atom is 0.204 e. The number of aryl methyl sites for hydroxylation is 1. The molecule has 0 aliphatic carbocycles. The van der Waals surface area contributed by atoms with E-state index < -0.39 is 0 Å². The van der Waals surface area contributed by atoms with Gasteiger partial charge in [-0.15, -0.1) is 0 Å². The van der Waals surface area contributed by atoms with Crippen LogP contribution in [-0.4, -0.2) is 34.7 Å². The molecule has 0 saturated heterocycles. The second-order valence-corrected chi connectivity index (χ2v) is 10.7. The molecule has 0 amide bonds. The first-order chi connectivity index (χ1) is 16.6. The third kappa shape index (κ3) is 9.54. The van der Waals surface area contributed by atoms with E-state index in [2.05, 4.69) is 118 Å². The second kappa shape index (κ2) is 14.8. The van der Waals surface area contributed by atoms with Crippen molar-refractivity contribution in [2.24, 2.45) is 11.8 Å². The highest BCUT2D eigenvalue weighted by molar-refractivity contribution is 5.76. The van der Waals surface area contributed by atoms with E-state index in [4.69, 9.17) is 4.98 Å². The average molecular weight is 482 g/mol. The van der Waals surface area contributed by atoms with Crippen LogP contribution in [0.1, 0.15) is 81.2 Å². The lowest BCUT2D eigenvalue weighted by molar-refractivity contribution is 0.549. The molecule has 2 heterocycles. The molecular weight excluding hydrogens is 430 g/mol. The van der Waals surface area contributed by atoms with Gasteiger partial charge in [0.2, 0.25) is 5.95 Å². The van der Waals surface area contributed by atoms with Crippen LogP contribution in [0.5, 0.6) is 0 Å². The van der Waals surface area contributed by atoms with Crippen LogP contribution in [0.15, 0.2) is 42.5 Å². The molecule has 1 N–H and O–H groups in total. The number of anilines is 2. The quantitative estimate of drug-likeness (QED) is 0.354. The van der Waals surface area contributed by atoms with E-state index in [1.54, 1.807) is 0 Å². The highest BCUT2D eigenvalue weighted by atomic mass is 15.3. The van der Waals surface area contributed by atoms with Crippen LogP contribution < -0.4 is 10.2 Å². The Morgan fingerprint density at radius 1 is 0.886 bits per heavy atom. The Balaban J connectivity index is 0.000000425. The zero-order valence-electron chi connectivity index (χ0n) is 24.3. The lowest BCUT2D eigenvalue weighted by Gasteiger charge is -2.27. The van der Waals surface area contributed by atoms with E-state index in [0.29, 0.717) is 17.3 Å². The summed E-state index contributed by atoms with van der Waals surface area (Å²) in [6.07, 6.45) is 1.06. The number of benzene rings is 1. The van der Waals surface area contributed by atoms with Crippen molar-refractivity contribution >= 4 is 22.9 Å². The number of fused-ring (bicyclic) bond motifs is 1. The van der Waals surface area contributed by atoms with Gasteiger partial charge in [0.1, 0.15) is 11.3 Å². The molecule has 0 spiro atoms. The molecule has 0 radical (unpaired) electrons. The summed E-state index contributed by atoms with van der Waals surface area (Å²) >= 11 is 0. The van der Waals surface area contributed by atoms with Gasteiger partial charge in [0.05, 0.1) is 0 Å². The first-order valence-corrected chi connectivity index (χ1v) is 13.4. The van der Waals surface area contributed by atoms with Gasteiger partial charge in [0.15, 0.2) is 5.65 Å². The van der Waals surface area contributed by atoms with Crippen molar-refractivity contribution in [2.75, 3.05) is 30.4 Å². The van der Waals surface area contributed by atoms with Gasteiger partial charge in [-0.3, -0.25) is 4.57 Å². The Morgan fingerprint density at radius 3 is 1.89 bits per heavy atom. The predicted octanol–water partition coefficient (Wildman–Crippen LogP) is 8.01. The molecule has 5 heteroatoms. The van der Waals surface area contributed by atoms with Crippen molar-refractivity contribution in [2.45, 2.75) is 87.6 Å². The zero-order chi connectivity index (χ0) is 26.6. The minimum absolute atomic E-state index is 0.293. The molecule has 1 aromatic carbocycles. The lowest BCUT2D eigenvalue weighted by atomic mass is 9.87. The van der Waals surface area contributed by atoms with Gasteiger partial charge in [0, 0.05) is 26.7 Å².